The molecule has 3 rings (SSSR count). The molecule has 7 nitrogen and oxygen atoms in total. The zero-order valence-electron chi connectivity index (χ0n) is 17.5. The third kappa shape index (κ3) is 4.56. The second kappa shape index (κ2) is 9.35. The molecule has 0 saturated carbocycles. The molecule has 1 heterocycles. The van der Waals surface area contributed by atoms with Crippen molar-refractivity contribution in [3.8, 4) is 11.5 Å². The molecule has 7 heteroatoms. The van der Waals surface area contributed by atoms with Crippen molar-refractivity contribution in [3.63, 3.8) is 0 Å². The first-order chi connectivity index (χ1) is 14.4. The molecule has 2 aromatic rings. The number of carbonyl (C=O) groups is 2. The number of hydrogen-bond donors (Lipinski definition) is 2. The van der Waals surface area contributed by atoms with Gasteiger partial charge in [-0.3, -0.25) is 0 Å². The third-order valence-corrected chi connectivity index (χ3v) is 4.84. The van der Waals surface area contributed by atoms with Crippen molar-refractivity contribution in [1.82, 2.24) is 10.6 Å². The number of urea groups is 1. The molecule has 2 amide bonds. The van der Waals surface area contributed by atoms with Crippen LogP contribution in [0, 0.1) is 5.92 Å². The van der Waals surface area contributed by atoms with E-state index >= 15 is 0 Å². The Morgan fingerprint density at radius 1 is 1.07 bits per heavy atom. The highest BCUT2D eigenvalue weighted by Crippen LogP contribution is 2.36. The van der Waals surface area contributed by atoms with Gasteiger partial charge in [-0.1, -0.05) is 50.2 Å². The molecule has 1 aliphatic heterocycles. The van der Waals surface area contributed by atoms with Gasteiger partial charge in [0.05, 0.1) is 25.8 Å². The molecule has 0 radical (unpaired) electrons. The summed E-state index contributed by atoms with van der Waals surface area (Å²) in [6.45, 7) is 4.20. The molecule has 0 fully saturated rings. The Bertz CT molecular complexity index is 953. The lowest BCUT2D eigenvalue weighted by molar-refractivity contribution is -0.136. The van der Waals surface area contributed by atoms with Gasteiger partial charge in [-0.15, -0.1) is 0 Å². The highest BCUT2D eigenvalue weighted by Gasteiger charge is 2.34. The second-order valence-electron chi connectivity index (χ2n) is 7.19. The van der Waals surface area contributed by atoms with Gasteiger partial charge in [-0.05, 0) is 29.2 Å². The molecule has 1 atom stereocenters. The van der Waals surface area contributed by atoms with Crippen LogP contribution in [0.4, 0.5) is 4.79 Å². The predicted molar refractivity (Wildman–Crippen MR) is 112 cm³/mol. The maximum Gasteiger partial charge on any atom is 0.337 e. The number of hydrogen-bond acceptors (Lipinski definition) is 5. The lowest BCUT2D eigenvalue weighted by Crippen LogP contribution is -2.47. The molecule has 1 aliphatic rings. The number of rotatable bonds is 7. The van der Waals surface area contributed by atoms with Crippen LogP contribution in [0.3, 0.4) is 0 Å². The molecule has 0 spiro atoms. The average molecular weight is 410 g/mol. The van der Waals surface area contributed by atoms with Gasteiger partial charge < -0.3 is 24.8 Å². The summed E-state index contributed by atoms with van der Waals surface area (Å²) in [5.74, 6) is 0.507. The van der Waals surface area contributed by atoms with Crippen molar-refractivity contribution < 1.29 is 23.8 Å². The Balaban J connectivity index is 1.94. The Labute approximate surface area is 176 Å². The monoisotopic (exact) mass is 410 g/mol. The maximum atomic E-state index is 12.5. The minimum atomic E-state index is -0.666. The van der Waals surface area contributed by atoms with Crippen molar-refractivity contribution >= 4 is 12.0 Å². The van der Waals surface area contributed by atoms with Crippen LogP contribution in [-0.4, -0.2) is 26.2 Å². The van der Waals surface area contributed by atoms with E-state index in [4.69, 9.17) is 14.2 Å². The molecule has 2 N–H and O–H groups in total. The van der Waals surface area contributed by atoms with Crippen LogP contribution >= 0.6 is 0 Å². The zero-order chi connectivity index (χ0) is 21.7. The number of ether oxygens (including phenoxy) is 3. The summed E-state index contributed by atoms with van der Waals surface area (Å²) < 4.78 is 16.4. The molecule has 158 valence electrons. The fourth-order valence-corrected chi connectivity index (χ4v) is 3.35. The Kier molecular flexibility index (Phi) is 6.61. The summed E-state index contributed by atoms with van der Waals surface area (Å²) in [5, 5.41) is 5.54. The van der Waals surface area contributed by atoms with E-state index in [-0.39, 0.29) is 11.9 Å². The minimum absolute atomic E-state index is 0.0666. The van der Waals surface area contributed by atoms with Gasteiger partial charge in [0.25, 0.3) is 0 Å². The van der Waals surface area contributed by atoms with E-state index in [0.29, 0.717) is 34.9 Å². The molecule has 0 bridgehead atoms. The number of allylic oxidation sites excluding steroid dienone is 1. The van der Waals surface area contributed by atoms with E-state index in [2.05, 4.69) is 10.6 Å². The maximum absolute atomic E-state index is 12.5. The fourth-order valence-electron chi connectivity index (χ4n) is 3.35. The third-order valence-electron chi connectivity index (χ3n) is 4.84. The van der Waals surface area contributed by atoms with Crippen LogP contribution in [0.5, 0.6) is 11.5 Å². The van der Waals surface area contributed by atoms with Crippen molar-refractivity contribution in [1.29, 1.82) is 0 Å². The summed E-state index contributed by atoms with van der Waals surface area (Å²) in [6.07, 6.45) is 0. The van der Waals surface area contributed by atoms with E-state index in [0.717, 1.165) is 5.56 Å². The summed E-state index contributed by atoms with van der Waals surface area (Å²) in [5.41, 5.74) is 2.63. The Hall–Kier alpha value is -3.48. The SMILES string of the molecule is COC(=O)C1=C(C(C)C)NC(=O)NC1c1ccc(OCc2ccccc2)c(OC)c1. The van der Waals surface area contributed by atoms with E-state index < -0.39 is 12.0 Å². The molecule has 0 aliphatic carbocycles. The van der Waals surface area contributed by atoms with Crippen LogP contribution in [0.1, 0.15) is 31.0 Å². The van der Waals surface area contributed by atoms with E-state index in [1.54, 1.807) is 25.3 Å². The van der Waals surface area contributed by atoms with E-state index in [1.165, 1.54) is 7.11 Å². The van der Waals surface area contributed by atoms with Crippen molar-refractivity contribution in [2.75, 3.05) is 14.2 Å². The van der Waals surface area contributed by atoms with Crippen LogP contribution in [0.25, 0.3) is 0 Å². The van der Waals surface area contributed by atoms with Gasteiger partial charge in [-0.2, -0.15) is 0 Å². The summed E-state index contributed by atoms with van der Waals surface area (Å²) in [6, 6.07) is 14.1. The molecule has 0 saturated heterocycles. The topological polar surface area (TPSA) is 85.9 Å². The van der Waals surface area contributed by atoms with Crippen LogP contribution in [-0.2, 0) is 16.1 Å². The van der Waals surface area contributed by atoms with Crippen molar-refractivity contribution in [2.24, 2.45) is 5.92 Å². The molecule has 30 heavy (non-hydrogen) atoms. The standard InChI is InChI=1S/C23H26N2O5/c1-14(2)20-19(22(26)29-4)21(25-23(27)24-20)16-10-11-17(18(12-16)28-3)30-13-15-8-6-5-7-9-15/h5-12,14,21H,13H2,1-4H3,(H2,24,25,27). The normalized spacial score (nSPS) is 16.0. The van der Waals surface area contributed by atoms with Gasteiger partial charge in [0.15, 0.2) is 11.5 Å². The van der Waals surface area contributed by atoms with Gasteiger partial charge in [0.1, 0.15) is 6.61 Å². The summed E-state index contributed by atoms with van der Waals surface area (Å²) in [7, 11) is 2.87. The first-order valence-corrected chi connectivity index (χ1v) is 9.69. The second-order valence-corrected chi connectivity index (χ2v) is 7.19. The highest BCUT2D eigenvalue weighted by molar-refractivity contribution is 5.95. The lowest BCUT2D eigenvalue weighted by atomic mass is 9.91. The number of benzene rings is 2. The first-order valence-electron chi connectivity index (χ1n) is 9.69. The lowest BCUT2D eigenvalue weighted by Gasteiger charge is -2.31. The Morgan fingerprint density at radius 3 is 2.43 bits per heavy atom. The highest BCUT2D eigenvalue weighted by atomic mass is 16.5. The minimum Gasteiger partial charge on any atom is -0.493 e. The largest absolute Gasteiger partial charge is 0.493 e. The van der Waals surface area contributed by atoms with Gasteiger partial charge in [0.2, 0.25) is 0 Å². The number of methoxy groups -OCH3 is 2. The summed E-state index contributed by atoms with van der Waals surface area (Å²) in [4.78, 5) is 24.8. The molecule has 2 aromatic carbocycles. The van der Waals surface area contributed by atoms with E-state index in [9.17, 15) is 9.59 Å². The molecule has 0 aromatic heterocycles. The van der Waals surface area contributed by atoms with Gasteiger partial charge in [-0.25, -0.2) is 9.59 Å². The van der Waals surface area contributed by atoms with Gasteiger partial charge >= 0.3 is 12.0 Å². The average Bonchev–Trinajstić information content (AvgIpc) is 2.77. The van der Waals surface area contributed by atoms with Crippen LogP contribution < -0.4 is 20.1 Å². The number of carbonyl (C=O) groups excluding carboxylic acids is 2. The van der Waals surface area contributed by atoms with Crippen LogP contribution in [0.2, 0.25) is 0 Å². The molecule has 1 unspecified atom stereocenters. The zero-order valence-corrected chi connectivity index (χ0v) is 17.5. The molecular weight excluding hydrogens is 384 g/mol. The van der Waals surface area contributed by atoms with Crippen molar-refractivity contribution in [3.05, 3.63) is 70.9 Å². The summed E-state index contributed by atoms with van der Waals surface area (Å²) >= 11 is 0. The number of esters is 1. The number of amides is 2. The van der Waals surface area contributed by atoms with E-state index in [1.807, 2.05) is 44.2 Å². The first kappa shape index (κ1) is 21.2. The number of nitrogens with one attached hydrogen (secondary N) is 2. The van der Waals surface area contributed by atoms with Crippen LogP contribution in [0.15, 0.2) is 59.8 Å². The van der Waals surface area contributed by atoms with Crippen molar-refractivity contribution in [2.45, 2.75) is 26.5 Å². The predicted octanol–water partition coefficient (Wildman–Crippen LogP) is 3.71. The smallest absolute Gasteiger partial charge is 0.337 e. The fraction of sp³-hybridized carbons (Fsp3) is 0.304. The molecular formula is C23H26N2O5. The Morgan fingerprint density at radius 2 is 1.80 bits per heavy atom. The van der Waals surface area contributed by atoms with Gasteiger partial charge in [0, 0.05) is 5.70 Å². The quantitative estimate of drug-likeness (QED) is 0.680.